The summed E-state index contributed by atoms with van der Waals surface area (Å²) >= 11 is 5.80. The Morgan fingerprint density at radius 1 is 1.21 bits per heavy atom. The van der Waals surface area contributed by atoms with Crippen LogP contribution in [0.3, 0.4) is 0 Å². The Kier molecular flexibility index (Phi) is 3.09. The fourth-order valence-corrected chi connectivity index (χ4v) is 1.86. The Morgan fingerprint density at radius 3 is 2.74 bits per heavy atom. The second-order valence-corrected chi connectivity index (χ2v) is 4.57. The van der Waals surface area contributed by atoms with Crippen molar-refractivity contribution in [1.29, 1.82) is 0 Å². The van der Waals surface area contributed by atoms with Crippen molar-refractivity contribution < 1.29 is 9.15 Å². The van der Waals surface area contributed by atoms with Gasteiger partial charge in [0.15, 0.2) is 6.61 Å². The third-order valence-corrected chi connectivity index (χ3v) is 2.97. The van der Waals surface area contributed by atoms with Crippen molar-refractivity contribution in [3.05, 3.63) is 53.0 Å². The quantitative estimate of drug-likeness (QED) is 0.729. The predicted octanol–water partition coefficient (Wildman–Crippen LogP) is 3.76. The molecule has 96 valence electrons. The Labute approximate surface area is 115 Å². The molecular formula is C14H11ClN2O2. The number of aromatic nitrogens is 2. The first-order valence-corrected chi connectivity index (χ1v) is 6.19. The van der Waals surface area contributed by atoms with Gasteiger partial charge in [0.05, 0.1) is 0 Å². The number of hydrogen-bond acceptors (Lipinski definition) is 4. The van der Waals surface area contributed by atoms with Crippen LogP contribution in [-0.4, -0.2) is 9.97 Å². The van der Waals surface area contributed by atoms with Crippen molar-refractivity contribution in [2.75, 3.05) is 0 Å². The van der Waals surface area contributed by atoms with Gasteiger partial charge in [0.25, 0.3) is 0 Å². The molecule has 0 saturated heterocycles. The van der Waals surface area contributed by atoms with E-state index in [-0.39, 0.29) is 6.61 Å². The third kappa shape index (κ3) is 2.53. The fraction of sp³-hybridized carbons (Fsp3) is 0.143. The summed E-state index contributed by atoms with van der Waals surface area (Å²) in [5.41, 5.74) is 2.35. The van der Waals surface area contributed by atoms with Crippen molar-refractivity contribution in [3.63, 3.8) is 0 Å². The molecule has 0 atom stereocenters. The molecule has 4 nitrogen and oxygen atoms in total. The smallest absolute Gasteiger partial charge is 0.247 e. The molecule has 0 saturated carbocycles. The van der Waals surface area contributed by atoms with Gasteiger partial charge in [-0.15, -0.1) is 0 Å². The molecule has 3 aromatic rings. The minimum Gasteiger partial charge on any atom is -0.484 e. The lowest BCUT2D eigenvalue weighted by Crippen LogP contribution is -1.95. The van der Waals surface area contributed by atoms with E-state index in [4.69, 9.17) is 20.8 Å². The molecule has 0 radical (unpaired) electrons. The summed E-state index contributed by atoms with van der Waals surface area (Å²) in [7, 11) is 0. The van der Waals surface area contributed by atoms with Gasteiger partial charge in [-0.1, -0.05) is 11.6 Å². The van der Waals surface area contributed by atoms with E-state index < -0.39 is 0 Å². The molecule has 19 heavy (non-hydrogen) atoms. The number of fused-ring (bicyclic) bond motifs is 1. The molecule has 1 aromatic carbocycles. The van der Waals surface area contributed by atoms with E-state index in [1.54, 1.807) is 30.5 Å². The molecule has 0 amide bonds. The zero-order valence-corrected chi connectivity index (χ0v) is 11.0. The lowest BCUT2D eigenvalue weighted by atomic mass is 10.3. The fourth-order valence-electron chi connectivity index (χ4n) is 1.73. The van der Waals surface area contributed by atoms with E-state index in [0.29, 0.717) is 16.6 Å². The van der Waals surface area contributed by atoms with Crippen LogP contribution in [0.4, 0.5) is 0 Å². The Hall–Kier alpha value is -2.07. The van der Waals surface area contributed by atoms with Gasteiger partial charge in [-0.05, 0) is 42.8 Å². The van der Waals surface area contributed by atoms with Crippen LogP contribution in [0.5, 0.6) is 5.75 Å². The van der Waals surface area contributed by atoms with Crippen molar-refractivity contribution in [1.82, 2.24) is 9.97 Å². The average molecular weight is 275 g/mol. The highest BCUT2D eigenvalue weighted by Gasteiger charge is 2.09. The average Bonchev–Trinajstić information content (AvgIpc) is 2.83. The molecule has 2 heterocycles. The van der Waals surface area contributed by atoms with Crippen molar-refractivity contribution in [2.45, 2.75) is 13.5 Å². The molecular weight excluding hydrogens is 264 g/mol. The highest BCUT2D eigenvalue weighted by molar-refractivity contribution is 6.30. The largest absolute Gasteiger partial charge is 0.484 e. The van der Waals surface area contributed by atoms with Gasteiger partial charge in [0.1, 0.15) is 11.3 Å². The minimum atomic E-state index is 0.261. The molecule has 2 aromatic heterocycles. The van der Waals surface area contributed by atoms with Gasteiger partial charge in [-0.25, -0.2) is 9.97 Å². The highest BCUT2D eigenvalue weighted by Crippen LogP contribution is 2.19. The van der Waals surface area contributed by atoms with Crippen LogP contribution >= 0.6 is 11.6 Å². The molecule has 5 heteroatoms. The van der Waals surface area contributed by atoms with Crippen LogP contribution in [0.25, 0.3) is 11.2 Å². The number of rotatable bonds is 3. The first-order valence-electron chi connectivity index (χ1n) is 5.82. The van der Waals surface area contributed by atoms with E-state index in [2.05, 4.69) is 9.97 Å². The number of hydrogen-bond donors (Lipinski definition) is 0. The number of aryl methyl sites for hydroxylation is 1. The summed E-state index contributed by atoms with van der Waals surface area (Å²) in [4.78, 5) is 8.49. The zero-order chi connectivity index (χ0) is 13.2. The lowest BCUT2D eigenvalue weighted by Gasteiger charge is -2.02. The number of nitrogens with zero attached hydrogens (tertiary/aromatic N) is 2. The molecule has 0 spiro atoms. The Balaban J connectivity index is 1.78. The van der Waals surface area contributed by atoms with Gasteiger partial charge in [0.2, 0.25) is 11.6 Å². The summed E-state index contributed by atoms with van der Waals surface area (Å²) in [6.45, 7) is 2.23. The van der Waals surface area contributed by atoms with Crippen LogP contribution in [-0.2, 0) is 6.61 Å². The number of halogens is 1. The van der Waals surface area contributed by atoms with Gasteiger partial charge < -0.3 is 9.15 Å². The zero-order valence-electron chi connectivity index (χ0n) is 10.3. The monoisotopic (exact) mass is 274 g/mol. The first kappa shape index (κ1) is 12.0. The van der Waals surface area contributed by atoms with Crippen LogP contribution in [0, 0.1) is 6.92 Å². The number of ether oxygens (including phenoxy) is 1. The van der Waals surface area contributed by atoms with Gasteiger partial charge in [-0.2, -0.15) is 0 Å². The number of pyridine rings is 1. The molecule has 0 aliphatic rings. The minimum absolute atomic E-state index is 0.261. The molecule has 0 bridgehead atoms. The maximum Gasteiger partial charge on any atom is 0.247 e. The molecule has 0 unspecified atom stereocenters. The number of benzene rings is 1. The molecule has 0 aliphatic heterocycles. The number of oxazole rings is 1. The summed E-state index contributed by atoms with van der Waals surface area (Å²) in [5, 5.41) is 0.675. The van der Waals surface area contributed by atoms with Gasteiger partial charge in [0, 0.05) is 11.2 Å². The van der Waals surface area contributed by atoms with E-state index in [1.165, 1.54) is 0 Å². The molecule has 0 fully saturated rings. The summed E-state index contributed by atoms with van der Waals surface area (Å²) in [6.07, 6.45) is 1.70. The van der Waals surface area contributed by atoms with Gasteiger partial charge in [-0.3, -0.25) is 0 Å². The van der Waals surface area contributed by atoms with E-state index in [0.717, 1.165) is 16.8 Å². The standard InChI is InChI=1S/C14H11ClN2O2/c1-9-6-7-16-14-13(9)17-12(19-14)8-18-11-4-2-10(15)3-5-11/h2-7H,8H2,1H3. The maximum absolute atomic E-state index is 5.80. The van der Waals surface area contributed by atoms with Crippen molar-refractivity contribution >= 4 is 22.8 Å². The third-order valence-electron chi connectivity index (χ3n) is 2.72. The SMILES string of the molecule is Cc1ccnc2oc(COc3ccc(Cl)cc3)nc12. The summed E-state index contributed by atoms with van der Waals surface area (Å²) in [6, 6.07) is 9.04. The topological polar surface area (TPSA) is 48.2 Å². The van der Waals surface area contributed by atoms with Crippen LogP contribution in [0.15, 0.2) is 40.9 Å². The molecule has 3 rings (SSSR count). The summed E-state index contributed by atoms with van der Waals surface area (Å²) < 4.78 is 11.1. The second kappa shape index (κ2) is 4.90. The lowest BCUT2D eigenvalue weighted by molar-refractivity contribution is 0.266. The Bertz CT molecular complexity index is 707. The normalized spacial score (nSPS) is 10.8. The van der Waals surface area contributed by atoms with E-state index in [9.17, 15) is 0 Å². The van der Waals surface area contributed by atoms with E-state index >= 15 is 0 Å². The highest BCUT2D eigenvalue weighted by atomic mass is 35.5. The van der Waals surface area contributed by atoms with Crippen molar-refractivity contribution in [3.8, 4) is 5.75 Å². The van der Waals surface area contributed by atoms with Crippen LogP contribution in [0.1, 0.15) is 11.5 Å². The molecule has 0 N–H and O–H groups in total. The second-order valence-electron chi connectivity index (χ2n) is 4.13. The molecule has 0 aliphatic carbocycles. The van der Waals surface area contributed by atoms with Crippen LogP contribution in [0.2, 0.25) is 5.02 Å². The van der Waals surface area contributed by atoms with Gasteiger partial charge >= 0.3 is 0 Å². The maximum atomic E-state index is 5.80. The Morgan fingerprint density at radius 2 is 2.00 bits per heavy atom. The van der Waals surface area contributed by atoms with Crippen LogP contribution < -0.4 is 4.74 Å². The first-order chi connectivity index (χ1) is 9.22. The summed E-state index contributed by atoms with van der Waals surface area (Å²) in [5.74, 6) is 1.23. The predicted molar refractivity (Wildman–Crippen MR) is 72.3 cm³/mol. The van der Waals surface area contributed by atoms with Crippen molar-refractivity contribution in [2.24, 2.45) is 0 Å². The van der Waals surface area contributed by atoms with E-state index in [1.807, 2.05) is 13.0 Å².